The van der Waals surface area contributed by atoms with E-state index in [4.69, 9.17) is 21.1 Å². The van der Waals surface area contributed by atoms with Crippen LogP contribution >= 0.6 is 11.6 Å². The van der Waals surface area contributed by atoms with Gasteiger partial charge in [0.25, 0.3) is 0 Å². The summed E-state index contributed by atoms with van der Waals surface area (Å²) in [6.07, 6.45) is 0.914. The van der Waals surface area contributed by atoms with Gasteiger partial charge in [-0.15, -0.1) is 0 Å². The second kappa shape index (κ2) is 7.68. The van der Waals surface area contributed by atoms with Gasteiger partial charge in [0, 0.05) is 31.1 Å². The van der Waals surface area contributed by atoms with Crippen LogP contribution in [0.5, 0.6) is 5.75 Å². The standard InChI is InChI=1S/C17H20ClN3O3/c1-23-11-17(22)21-7-6-12(9-21)16-8-14(19-20-16)10-24-15-4-2-13(18)3-5-15/h2-5,8,12H,6-7,9-11H2,1H3,(H,19,20)/t12-/m0/s1. The number of H-pyrrole nitrogens is 1. The topological polar surface area (TPSA) is 67.4 Å². The number of aromatic amines is 1. The third kappa shape index (κ3) is 4.07. The number of carbonyl (C=O) groups is 1. The Morgan fingerprint density at radius 1 is 1.42 bits per heavy atom. The van der Waals surface area contributed by atoms with Gasteiger partial charge in [0.05, 0.1) is 11.4 Å². The average molecular weight is 350 g/mol. The molecule has 1 aromatic carbocycles. The summed E-state index contributed by atoms with van der Waals surface area (Å²) in [4.78, 5) is 13.7. The van der Waals surface area contributed by atoms with E-state index < -0.39 is 0 Å². The quantitative estimate of drug-likeness (QED) is 0.870. The van der Waals surface area contributed by atoms with E-state index >= 15 is 0 Å². The van der Waals surface area contributed by atoms with E-state index in [1.165, 1.54) is 7.11 Å². The van der Waals surface area contributed by atoms with E-state index in [0.717, 1.165) is 30.1 Å². The Kier molecular flexibility index (Phi) is 5.37. The number of methoxy groups -OCH3 is 1. The Hall–Kier alpha value is -2.05. The van der Waals surface area contributed by atoms with Crippen LogP contribution in [0.2, 0.25) is 5.02 Å². The molecule has 6 nitrogen and oxygen atoms in total. The molecule has 1 saturated heterocycles. The van der Waals surface area contributed by atoms with Crippen molar-refractivity contribution in [2.45, 2.75) is 18.9 Å². The van der Waals surface area contributed by atoms with Gasteiger partial charge in [0.1, 0.15) is 19.0 Å². The molecule has 0 unspecified atom stereocenters. The average Bonchev–Trinajstić information content (AvgIpc) is 3.24. The lowest BCUT2D eigenvalue weighted by Crippen LogP contribution is -2.31. The Balaban J connectivity index is 1.54. The number of nitrogens with one attached hydrogen (secondary N) is 1. The molecule has 1 N–H and O–H groups in total. The van der Waals surface area contributed by atoms with Crippen LogP contribution in [-0.4, -0.2) is 47.8 Å². The van der Waals surface area contributed by atoms with E-state index in [-0.39, 0.29) is 18.4 Å². The molecule has 1 aromatic heterocycles. The first-order valence-electron chi connectivity index (χ1n) is 7.85. The normalized spacial score (nSPS) is 17.2. The Morgan fingerprint density at radius 2 is 2.21 bits per heavy atom. The zero-order valence-electron chi connectivity index (χ0n) is 13.5. The van der Waals surface area contributed by atoms with Crippen LogP contribution in [0.25, 0.3) is 0 Å². The maximum Gasteiger partial charge on any atom is 0.248 e. The van der Waals surface area contributed by atoms with Gasteiger partial charge in [-0.1, -0.05) is 11.6 Å². The predicted molar refractivity (Wildman–Crippen MR) is 90.2 cm³/mol. The summed E-state index contributed by atoms with van der Waals surface area (Å²) in [5, 5.41) is 8.05. The van der Waals surface area contributed by atoms with Gasteiger partial charge in [-0.3, -0.25) is 9.89 Å². The van der Waals surface area contributed by atoms with Crippen LogP contribution < -0.4 is 4.74 Å². The van der Waals surface area contributed by atoms with Gasteiger partial charge in [-0.2, -0.15) is 5.10 Å². The number of hydrogen-bond donors (Lipinski definition) is 1. The van der Waals surface area contributed by atoms with Crippen molar-refractivity contribution in [1.29, 1.82) is 0 Å². The Bertz CT molecular complexity index is 687. The lowest BCUT2D eigenvalue weighted by Gasteiger charge is -2.15. The molecule has 1 aliphatic rings. The molecule has 3 rings (SSSR count). The molecule has 24 heavy (non-hydrogen) atoms. The van der Waals surface area contributed by atoms with Gasteiger partial charge < -0.3 is 14.4 Å². The molecule has 0 aliphatic carbocycles. The molecule has 2 aromatic rings. The number of likely N-dealkylation sites (tertiary alicyclic amines) is 1. The SMILES string of the molecule is COCC(=O)N1CC[C@H](c2cc(COc3ccc(Cl)cc3)[nH]n2)C1. The minimum atomic E-state index is 0.0295. The molecule has 128 valence electrons. The molecular weight excluding hydrogens is 330 g/mol. The van der Waals surface area contributed by atoms with Crippen LogP contribution in [0.4, 0.5) is 0 Å². The van der Waals surface area contributed by atoms with Crippen LogP contribution in [-0.2, 0) is 16.1 Å². The molecule has 0 radical (unpaired) electrons. The molecule has 2 heterocycles. The number of benzene rings is 1. The lowest BCUT2D eigenvalue weighted by molar-refractivity contribution is -0.134. The van der Waals surface area contributed by atoms with E-state index in [9.17, 15) is 4.79 Å². The first-order valence-corrected chi connectivity index (χ1v) is 8.23. The number of rotatable bonds is 6. The van der Waals surface area contributed by atoms with Gasteiger partial charge >= 0.3 is 0 Å². The number of amides is 1. The van der Waals surface area contributed by atoms with Crippen molar-refractivity contribution in [3.63, 3.8) is 0 Å². The highest BCUT2D eigenvalue weighted by atomic mass is 35.5. The van der Waals surface area contributed by atoms with Crippen LogP contribution in [0.1, 0.15) is 23.7 Å². The fourth-order valence-corrected chi connectivity index (χ4v) is 2.92. The van der Waals surface area contributed by atoms with E-state index in [1.54, 1.807) is 12.1 Å². The first kappa shape index (κ1) is 16.8. The second-order valence-corrected chi connectivity index (χ2v) is 6.26. The summed E-state index contributed by atoms with van der Waals surface area (Å²) in [7, 11) is 1.53. The second-order valence-electron chi connectivity index (χ2n) is 5.82. The number of nitrogens with zero attached hydrogens (tertiary/aromatic N) is 2. The minimum absolute atomic E-state index is 0.0295. The molecule has 0 saturated carbocycles. The number of halogens is 1. The highest BCUT2D eigenvalue weighted by Crippen LogP contribution is 2.26. The van der Waals surface area contributed by atoms with Crippen molar-refractivity contribution in [1.82, 2.24) is 15.1 Å². The van der Waals surface area contributed by atoms with Crippen molar-refractivity contribution in [3.8, 4) is 5.75 Å². The predicted octanol–water partition coefficient (Wildman–Crippen LogP) is 2.60. The van der Waals surface area contributed by atoms with Crippen molar-refractivity contribution < 1.29 is 14.3 Å². The van der Waals surface area contributed by atoms with E-state index in [2.05, 4.69) is 10.2 Å². The zero-order valence-corrected chi connectivity index (χ0v) is 14.3. The highest BCUT2D eigenvalue weighted by molar-refractivity contribution is 6.30. The molecule has 1 aliphatic heterocycles. The first-order chi connectivity index (χ1) is 11.7. The summed E-state index contributed by atoms with van der Waals surface area (Å²) in [6, 6.07) is 9.25. The minimum Gasteiger partial charge on any atom is -0.487 e. The molecule has 7 heteroatoms. The fourth-order valence-electron chi connectivity index (χ4n) is 2.80. The summed E-state index contributed by atoms with van der Waals surface area (Å²) in [5.74, 6) is 1.04. The van der Waals surface area contributed by atoms with Gasteiger partial charge in [0.15, 0.2) is 0 Å². The summed E-state index contributed by atoms with van der Waals surface area (Å²) in [5.41, 5.74) is 1.87. The molecular formula is C17H20ClN3O3. The van der Waals surface area contributed by atoms with Crippen LogP contribution in [0.3, 0.4) is 0 Å². The molecule has 0 bridgehead atoms. The molecule has 1 fully saturated rings. The van der Waals surface area contributed by atoms with Gasteiger partial charge in [-0.05, 0) is 36.8 Å². The van der Waals surface area contributed by atoms with E-state index in [0.29, 0.717) is 18.2 Å². The lowest BCUT2D eigenvalue weighted by atomic mass is 10.1. The van der Waals surface area contributed by atoms with Crippen molar-refractivity contribution in [2.24, 2.45) is 0 Å². The molecule has 0 spiro atoms. The summed E-state index contributed by atoms with van der Waals surface area (Å²) >= 11 is 5.85. The monoisotopic (exact) mass is 349 g/mol. The smallest absolute Gasteiger partial charge is 0.248 e. The van der Waals surface area contributed by atoms with Crippen LogP contribution in [0.15, 0.2) is 30.3 Å². The zero-order chi connectivity index (χ0) is 16.9. The number of aromatic nitrogens is 2. The third-order valence-electron chi connectivity index (χ3n) is 4.09. The van der Waals surface area contributed by atoms with Crippen molar-refractivity contribution in [3.05, 3.63) is 46.7 Å². The summed E-state index contributed by atoms with van der Waals surface area (Å²) in [6.45, 7) is 1.97. The Morgan fingerprint density at radius 3 is 2.96 bits per heavy atom. The number of hydrogen-bond acceptors (Lipinski definition) is 4. The van der Waals surface area contributed by atoms with E-state index in [1.807, 2.05) is 23.1 Å². The summed E-state index contributed by atoms with van der Waals surface area (Å²) < 4.78 is 10.6. The Labute approximate surface area is 145 Å². The maximum atomic E-state index is 11.9. The maximum absolute atomic E-state index is 11.9. The number of ether oxygens (including phenoxy) is 2. The third-order valence-corrected chi connectivity index (χ3v) is 4.34. The van der Waals surface area contributed by atoms with Gasteiger partial charge in [-0.25, -0.2) is 0 Å². The van der Waals surface area contributed by atoms with Gasteiger partial charge in [0.2, 0.25) is 5.91 Å². The van der Waals surface area contributed by atoms with Crippen molar-refractivity contribution in [2.75, 3.05) is 26.8 Å². The molecule has 1 atom stereocenters. The highest BCUT2D eigenvalue weighted by Gasteiger charge is 2.28. The van der Waals surface area contributed by atoms with Crippen molar-refractivity contribution >= 4 is 17.5 Å². The fraction of sp³-hybridized carbons (Fsp3) is 0.412. The number of carbonyl (C=O) groups excluding carboxylic acids is 1. The largest absolute Gasteiger partial charge is 0.487 e. The van der Waals surface area contributed by atoms with Crippen LogP contribution in [0, 0.1) is 0 Å². The molecule has 1 amide bonds.